The summed E-state index contributed by atoms with van der Waals surface area (Å²) < 4.78 is 11.2. The molecule has 25 heavy (non-hydrogen) atoms. The summed E-state index contributed by atoms with van der Waals surface area (Å²) in [5.41, 5.74) is 4.29. The molecule has 1 unspecified atom stereocenters. The number of hydrogen-bond acceptors (Lipinski definition) is 4. The van der Waals surface area contributed by atoms with E-state index < -0.39 is 0 Å². The van der Waals surface area contributed by atoms with Gasteiger partial charge >= 0.3 is 0 Å². The predicted molar refractivity (Wildman–Crippen MR) is 95.1 cm³/mol. The van der Waals surface area contributed by atoms with Crippen LogP contribution in [-0.2, 0) is 17.6 Å². The molecular weight excluding hydrogens is 318 g/mol. The van der Waals surface area contributed by atoms with Gasteiger partial charge in [0.15, 0.2) is 11.5 Å². The Balaban J connectivity index is 1.63. The topological polar surface area (TPSA) is 67.5 Å². The summed E-state index contributed by atoms with van der Waals surface area (Å²) in [5.74, 6) is 1.45. The van der Waals surface area contributed by atoms with Crippen molar-refractivity contribution in [2.45, 2.75) is 26.7 Å². The molecule has 134 valence electrons. The zero-order valence-electron chi connectivity index (χ0n) is 15.3. The number of fused-ring (bicyclic) bond motifs is 1. The van der Waals surface area contributed by atoms with Crippen molar-refractivity contribution >= 4 is 5.91 Å². The Morgan fingerprint density at radius 3 is 2.92 bits per heavy atom. The zero-order chi connectivity index (χ0) is 18.0. The summed E-state index contributed by atoms with van der Waals surface area (Å²) in [6.45, 7) is 5.05. The van der Waals surface area contributed by atoms with E-state index in [1.54, 1.807) is 12.0 Å². The number of para-hydroxylation sites is 1. The lowest BCUT2D eigenvalue weighted by Gasteiger charge is -2.29. The van der Waals surface area contributed by atoms with E-state index in [0.717, 1.165) is 34.9 Å². The number of hydrogen-bond donors (Lipinski definition) is 1. The highest BCUT2D eigenvalue weighted by Crippen LogP contribution is 2.36. The molecule has 0 bridgehead atoms. The number of nitrogens with one attached hydrogen (secondary N) is 1. The SMILES string of the molecule is COc1cccc2c1OCC(C(=O)N(C)CCc1c(C)n[nH]c1C)C2. The molecule has 1 aliphatic rings. The molecule has 1 amide bonds. The molecule has 0 saturated heterocycles. The quantitative estimate of drug-likeness (QED) is 0.904. The molecule has 2 aromatic rings. The van der Waals surface area contributed by atoms with Crippen LogP contribution in [0.15, 0.2) is 18.2 Å². The smallest absolute Gasteiger partial charge is 0.229 e. The number of ether oxygens (including phenoxy) is 2. The zero-order valence-corrected chi connectivity index (χ0v) is 15.3. The maximum atomic E-state index is 12.8. The van der Waals surface area contributed by atoms with E-state index in [0.29, 0.717) is 19.6 Å². The van der Waals surface area contributed by atoms with Crippen LogP contribution < -0.4 is 9.47 Å². The predicted octanol–water partition coefficient (Wildman–Crippen LogP) is 2.29. The van der Waals surface area contributed by atoms with Gasteiger partial charge in [0.2, 0.25) is 5.91 Å². The van der Waals surface area contributed by atoms with Crippen molar-refractivity contribution in [3.05, 3.63) is 40.7 Å². The standard InChI is InChI=1S/C19H25N3O3/c1-12-16(13(2)21-20-12)8-9-22(3)19(23)15-10-14-6-5-7-17(24-4)18(14)25-11-15/h5-7,15H,8-11H2,1-4H3,(H,20,21). The molecule has 6 heteroatoms. The molecule has 0 fully saturated rings. The van der Waals surface area contributed by atoms with Gasteiger partial charge in [0, 0.05) is 19.3 Å². The van der Waals surface area contributed by atoms with Gasteiger partial charge in [-0.2, -0.15) is 5.10 Å². The number of aryl methyl sites for hydroxylation is 2. The molecular formula is C19H25N3O3. The number of rotatable bonds is 5. The van der Waals surface area contributed by atoms with Crippen LogP contribution in [0.3, 0.4) is 0 Å². The Bertz CT molecular complexity index is 750. The fourth-order valence-corrected chi connectivity index (χ4v) is 3.36. The van der Waals surface area contributed by atoms with E-state index in [1.165, 1.54) is 5.56 Å². The number of aromatic amines is 1. The molecule has 2 heterocycles. The first-order valence-corrected chi connectivity index (χ1v) is 8.55. The van der Waals surface area contributed by atoms with Crippen LogP contribution in [0.25, 0.3) is 0 Å². The van der Waals surface area contributed by atoms with Gasteiger partial charge in [0.1, 0.15) is 6.61 Å². The third kappa shape index (κ3) is 3.48. The van der Waals surface area contributed by atoms with Crippen molar-refractivity contribution in [1.29, 1.82) is 0 Å². The normalized spacial score (nSPS) is 16.1. The summed E-state index contributed by atoms with van der Waals surface area (Å²) in [6.07, 6.45) is 1.48. The lowest BCUT2D eigenvalue weighted by atomic mass is 9.95. The Morgan fingerprint density at radius 2 is 2.24 bits per heavy atom. The maximum absolute atomic E-state index is 12.8. The minimum Gasteiger partial charge on any atom is -0.493 e. The van der Waals surface area contributed by atoms with Crippen LogP contribution in [0.5, 0.6) is 11.5 Å². The van der Waals surface area contributed by atoms with Gasteiger partial charge in [-0.3, -0.25) is 9.89 Å². The highest BCUT2D eigenvalue weighted by atomic mass is 16.5. The molecule has 1 aromatic carbocycles. The van der Waals surface area contributed by atoms with Gasteiger partial charge in [-0.1, -0.05) is 12.1 Å². The van der Waals surface area contributed by atoms with Crippen LogP contribution in [-0.4, -0.2) is 48.3 Å². The molecule has 0 saturated carbocycles. The van der Waals surface area contributed by atoms with E-state index in [1.807, 2.05) is 39.1 Å². The first-order chi connectivity index (χ1) is 12.0. The summed E-state index contributed by atoms with van der Waals surface area (Å²) in [4.78, 5) is 14.6. The highest BCUT2D eigenvalue weighted by Gasteiger charge is 2.29. The number of amides is 1. The minimum absolute atomic E-state index is 0.118. The summed E-state index contributed by atoms with van der Waals surface area (Å²) in [7, 11) is 3.48. The molecule has 3 rings (SSSR count). The van der Waals surface area contributed by atoms with Crippen molar-refractivity contribution in [3.63, 3.8) is 0 Å². The largest absolute Gasteiger partial charge is 0.493 e. The first-order valence-electron chi connectivity index (χ1n) is 8.55. The molecule has 0 spiro atoms. The minimum atomic E-state index is -0.156. The second-order valence-corrected chi connectivity index (χ2v) is 6.58. The molecule has 1 N–H and O–H groups in total. The molecule has 6 nitrogen and oxygen atoms in total. The van der Waals surface area contributed by atoms with Crippen molar-refractivity contribution in [2.75, 3.05) is 27.3 Å². The first kappa shape index (κ1) is 17.3. The van der Waals surface area contributed by atoms with Crippen LogP contribution in [0.4, 0.5) is 0 Å². The number of nitrogens with zero attached hydrogens (tertiary/aromatic N) is 2. The number of likely N-dealkylation sites (N-methyl/N-ethyl adjacent to an activating group) is 1. The van der Waals surface area contributed by atoms with E-state index in [-0.39, 0.29) is 11.8 Å². The Morgan fingerprint density at radius 1 is 1.44 bits per heavy atom. The van der Waals surface area contributed by atoms with Gasteiger partial charge in [-0.25, -0.2) is 0 Å². The number of carbonyl (C=O) groups excluding carboxylic acids is 1. The number of methoxy groups -OCH3 is 1. The summed E-state index contributed by atoms with van der Waals surface area (Å²) in [6, 6.07) is 5.81. The van der Waals surface area contributed by atoms with Crippen molar-refractivity contribution < 1.29 is 14.3 Å². The molecule has 1 aliphatic heterocycles. The third-order valence-corrected chi connectivity index (χ3v) is 4.88. The number of aromatic nitrogens is 2. The van der Waals surface area contributed by atoms with E-state index in [9.17, 15) is 4.79 Å². The van der Waals surface area contributed by atoms with Gasteiger partial charge in [0.25, 0.3) is 0 Å². The second-order valence-electron chi connectivity index (χ2n) is 6.58. The summed E-state index contributed by atoms with van der Waals surface area (Å²) in [5, 5.41) is 7.20. The lowest BCUT2D eigenvalue weighted by Crippen LogP contribution is -2.39. The highest BCUT2D eigenvalue weighted by molar-refractivity contribution is 5.79. The molecule has 1 atom stereocenters. The fraction of sp³-hybridized carbons (Fsp3) is 0.474. The average Bonchev–Trinajstić information content (AvgIpc) is 2.95. The van der Waals surface area contributed by atoms with Crippen LogP contribution in [0.2, 0.25) is 0 Å². The molecule has 0 aliphatic carbocycles. The van der Waals surface area contributed by atoms with Crippen LogP contribution in [0, 0.1) is 19.8 Å². The van der Waals surface area contributed by atoms with E-state index in [4.69, 9.17) is 9.47 Å². The second kappa shape index (κ2) is 7.17. The number of benzene rings is 1. The third-order valence-electron chi connectivity index (χ3n) is 4.88. The number of carbonyl (C=O) groups is 1. The van der Waals surface area contributed by atoms with E-state index in [2.05, 4.69) is 10.2 Å². The number of H-pyrrole nitrogens is 1. The summed E-state index contributed by atoms with van der Waals surface area (Å²) >= 11 is 0. The van der Waals surface area contributed by atoms with Gasteiger partial charge < -0.3 is 14.4 Å². The lowest BCUT2D eigenvalue weighted by molar-refractivity contribution is -0.135. The van der Waals surface area contributed by atoms with Gasteiger partial charge in [0.05, 0.1) is 18.7 Å². The van der Waals surface area contributed by atoms with Crippen molar-refractivity contribution in [2.24, 2.45) is 5.92 Å². The Labute approximate surface area is 148 Å². The molecule has 0 radical (unpaired) electrons. The van der Waals surface area contributed by atoms with Crippen LogP contribution >= 0.6 is 0 Å². The average molecular weight is 343 g/mol. The van der Waals surface area contributed by atoms with Gasteiger partial charge in [-0.05, 0) is 43.9 Å². The Kier molecular flexibility index (Phi) is 4.97. The van der Waals surface area contributed by atoms with Crippen molar-refractivity contribution in [1.82, 2.24) is 15.1 Å². The monoisotopic (exact) mass is 343 g/mol. The van der Waals surface area contributed by atoms with Crippen LogP contribution in [0.1, 0.15) is 22.5 Å². The fourth-order valence-electron chi connectivity index (χ4n) is 3.36. The maximum Gasteiger partial charge on any atom is 0.229 e. The van der Waals surface area contributed by atoms with Gasteiger partial charge in [-0.15, -0.1) is 0 Å². The Hall–Kier alpha value is -2.50. The molecule has 1 aromatic heterocycles. The van der Waals surface area contributed by atoms with Crippen molar-refractivity contribution in [3.8, 4) is 11.5 Å². The van der Waals surface area contributed by atoms with E-state index >= 15 is 0 Å².